The molecule has 2 aromatic heterocycles. The number of hydrogen-bond donors (Lipinski definition) is 0. The molecule has 0 aliphatic heterocycles. The fourth-order valence-corrected chi connectivity index (χ4v) is 6.38. The molecule has 0 aliphatic carbocycles. The van der Waals surface area contributed by atoms with Crippen molar-refractivity contribution in [3.05, 3.63) is 140 Å². The molecular formula is C38H23N3. The Morgan fingerprint density at radius 3 is 1.85 bits per heavy atom. The predicted molar refractivity (Wildman–Crippen MR) is 172 cm³/mol. The van der Waals surface area contributed by atoms with Gasteiger partial charge in [-0.05, 0) is 57.3 Å². The summed E-state index contributed by atoms with van der Waals surface area (Å²) in [5, 5.41) is 10.6. The molecule has 0 amide bonds. The highest BCUT2D eigenvalue weighted by atomic mass is 15.2. The minimum atomic E-state index is 0.679. The lowest BCUT2D eigenvalue weighted by molar-refractivity contribution is 1.02. The van der Waals surface area contributed by atoms with Crippen molar-refractivity contribution in [2.75, 3.05) is 0 Å². The second-order valence-corrected chi connectivity index (χ2v) is 10.7. The minimum absolute atomic E-state index is 0.679. The van der Waals surface area contributed by atoms with Crippen LogP contribution in [0.15, 0.2) is 140 Å². The van der Waals surface area contributed by atoms with Crippen molar-refractivity contribution in [3.63, 3.8) is 0 Å². The number of hydrogen-bond acceptors (Lipinski definition) is 2. The van der Waals surface area contributed by atoms with Crippen LogP contribution >= 0.6 is 0 Å². The maximum atomic E-state index is 5.36. The summed E-state index contributed by atoms with van der Waals surface area (Å²) in [6, 6.07) is 49.6. The molecule has 41 heavy (non-hydrogen) atoms. The Hall–Kier alpha value is -5.54. The molecule has 0 saturated carbocycles. The van der Waals surface area contributed by atoms with Gasteiger partial charge in [0.25, 0.3) is 0 Å². The highest BCUT2D eigenvalue weighted by Gasteiger charge is 2.19. The lowest BCUT2D eigenvalue weighted by atomic mass is 10.00. The molecule has 9 aromatic rings. The number of para-hydroxylation sites is 1. The number of fused-ring (bicyclic) bond motifs is 8. The van der Waals surface area contributed by atoms with Gasteiger partial charge >= 0.3 is 0 Å². The molecule has 2 heterocycles. The molecule has 0 fully saturated rings. The van der Waals surface area contributed by atoms with Gasteiger partial charge in [-0.25, -0.2) is 9.97 Å². The second kappa shape index (κ2) is 8.48. The van der Waals surface area contributed by atoms with Crippen LogP contribution in [0.1, 0.15) is 0 Å². The fraction of sp³-hybridized carbons (Fsp3) is 0. The van der Waals surface area contributed by atoms with Gasteiger partial charge < -0.3 is 0 Å². The van der Waals surface area contributed by atoms with Crippen LogP contribution in [0.3, 0.4) is 0 Å². The Morgan fingerprint density at radius 1 is 0.390 bits per heavy atom. The molecule has 0 spiro atoms. The zero-order valence-corrected chi connectivity index (χ0v) is 22.1. The summed E-state index contributed by atoms with van der Waals surface area (Å²) < 4.78 is 2.24. The van der Waals surface area contributed by atoms with E-state index < -0.39 is 0 Å². The summed E-state index contributed by atoms with van der Waals surface area (Å²) in [7, 11) is 0. The number of nitrogens with zero attached hydrogens (tertiary/aromatic N) is 3. The van der Waals surface area contributed by atoms with E-state index in [9.17, 15) is 0 Å². The van der Waals surface area contributed by atoms with Crippen LogP contribution in [0.25, 0.3) is 82.2 Å². The predicted octanol–water partition coefficient (Wildman–Crippen LogP) is 9.85. The molecule has 9 rings (SSSR count). The Bertz CT molecular complexity index is 2490. The molecule has 190 valence electrons. The quantitative estimate of drug-likeness (QED) is 0.212. The first-order valence-corrected chi connectivity index (χ1v) is 13.9. The standard InChI is InChI=1S/C38H23N3/c1-2-11-26-21-29(18-17-24(26)9-1)36-32-20-19-25-10-5-6-14-30(25)37(32)40-38(39-36)41-34-16-8-7-15-31(34)33-22-27-12-3-4-13-28(27)23-35(33)41/h1-23H. The van der Waals surface area contributed by atoms with Crippen molar-refractivity contribution in [1.82, 2.24) is 14.5 Å². The van der Waals surface area contributed by atoms with E-state index in [1.54, 1.807) is 0 Å². The highest BCUT2D eigenvalue weighted by Crippen LogP contribution is 2.37. The van der Waals surface area contributed by atoms with E-state index in [1.165, 1.54) is 37.7 Å². The van der Waals surface area contributed by atoms with Crippen molar-refractivity contribution in [2.24, 2.45) is 0 Å². The molecule has 0 bridgehead atoms. The maximum absolute atomic E-state index is 5.36. The molecular weight excluding hydrogens is 498 g/mol. The van der Waals surface area contributed by atoms with E-state index in [1.807, 2.05) is 0 Å². The third kappa shape index (κ3) is 3.33. The van der Waals surface area contributed by atoms with Gasteiger partial charge in [0, 0.05) is 27.1 Å². The van der Waals surface area contributed by atoms with E-state index in [0.717, 1.165) is 38.6 Å². The molecule has 7 aromatic carbocycles. The summed E-state index contributed by atoms with van der Waals surface area (Å²) >= 11 is 0. The lowest BCUT2D eigenvalue weighted by Gasteiger charge is -2.14. The number of aromatic nitrogens is 3. The first kappa shape index (κ1) is 22.3. The van der Waals surface area contributed by atoms with E-state index >= 15 is 0 Å². The second-order valence-electron chi connectivity index (χ2n) is 10.7. The van der Waals surface area contributed by atoms with Gasteiger partial charge in [-0.2, -0.15) is 0 Å². The van der Waals surface area contributed by atoms with Crippen LogP contribution in [0.5, 0.6) is 0 Å². The fourth-order valence-electron chi connectivity index (χ4n) is 6.38. The Morgan fingerprint density at radius 2 is 1.02 bits per heavy atom. The summed E-state index contributed by atoms with van der Waals surface area (Å²) in [6.45, 7) is 0. The molecule has 0 atom stereocenters. The summed E-state index contributed by atoms with van der Waals surface area (Å²) in [6.07, 6.45) is 0. The van der Waals surface area contributed by atoms with Gasteiger partial charge in [0.05, 0.1) is 22.2 Å². The van der Waals surface area contributed by atoms with Gasteiger partial charge in [-0.1, -0.05) is 109 Å². The average Bonchev–Trinajstić information content (AvgIpc) is 3.36. The number of rotatable bonds is 2. The Labute approximate surface area is 235 Å². The van der Waals surface area contributed by atoms with Gasteiger partial charge in [0.15, 0.2) is 0 Å². The maximum Gasteiger partial charge on any atom is 0.235 e. The van der Waals surface area contributed by atoms with Crippen molar-refractivity contribution in [2.45, 2.75) is 0 Å². The van der Waals surface area contributed by atoms with Crippen LogP contribution < -0.4 is 0 Å². The van der Waals surface area contributed by atoms with Crippen LogP contribution in [0.4, 0.5) is 0 Å². The van der Waals surface area contributed by atoms with Crippen LogP contribution in [0, 0.1) is 0 Å². The Kier molecular flexibility index (Phi) is 4.61. The average molecular weight is 522 g/mol. The van der Waals surface area contributed by atoms with Crippen molar-refractivity contribution in [1.29, 1.82) is 0 Å². The zero-order valence-electron chi connectivity index (χ0n) is 22.1. The summed E-state index contributed by atoms with van der Waals surface area (Å²) in [4.78, 5) is 10.7. The van der Waals surface area contributed by atoms with E-state index in [4.69, 9.17) is 9.97 Å². The van der Waals surface area contributed by atoms with Gasteiger partial charge in [-0.3, -0.25) is 4.57 Å². The zero-order chi connectivity index (χ0) is 26.9. The molecule has 0 radical (unpaired) electrons. The third-order valence-electron chi connectivity index (χ3n) is 8.34. The molecule has 3 heteroatoms. The molecule has 0 N–H and O–H groups in total. The first-order chi connectivity index (χ1) is 20.3. The van der Waals surface area contributed by atoms with Crippen molar-refractivity contribution in [3.8, 4) is 17.2 Å². The topological polar surface area (TPSA) is 30.7 Å². The smallest absolute Gasteiger partial charge is 0.235 e. The van der Waals surface area contributed by atoms with E-state index in [0.29, 0.717) is 5.95 Å². The van der Waals surface area contributed by atoms with Crippen molar-refractivity contribution < 1.29 is 0 Å². The monoisotopic (exact) mass is 521 g/mol. The van der Waals surface area contributed by atoms with Crippen LogP contribution in [-0.2, 0) is 0 Å². The first-order valence-electron chi connectivity index (χ1n) is 13.9. The third-order valence-corrected chi connectivity index (χ3v) is 8.34. The minimum Gasteiger partial charge on any atom is -0.278 e. The molecule has 0 aliphatic rings. The normalized spacial score (nSPS) is 11.9. The summed E-state index contributed by atoms with van der Waals surface area (Å²) in [5.74, 6) is 0.679. The molecule has 0 saturated heterocycles. The summed E-state index contributed by atoms with van der Waals surface area (Å²) in [5.41, 5.74) is 5.19. The van der Waals surface area contributed by atoms with Gasteiger partial charge in [-0.15, -0.1) is 0 Å². The Balaban J connectivity index is 1.44. The number of benzene rings is 7. The van der Waals surface area contributed by atoms with Crippen LogP contribution in [0.2, 0.25) is 0 Å². The molecule has 0 unspecified atom stereocenters. The lowest BCUT2D eigenvalue weighted by Crippen LogP contribution is -2.04. The van der Waals surface area contributed by atoms with E-state index in [-0.39, 0.29) is 0 Å². The van der Waals surface area contributed by atoms with E-state index in [2.05, 4.69) is 144 Å². The van der Waals surface area contributed by atoms with Gasteiger partial charge in [0.2, 0.25) is 5.95 Å². The SMILES string of the molecule is c1ccc2cc(-c3nc(-n4c5ccccc5c5cc6ccccc6cc54)nc4c3ccc3ccccc34)ccc2c1. The van der Waals surface area contributed by atoms with Crippen LogP contribution in [-0.4, -0.2) is 14.5 Å². The highest BCUT2D eigenvalue weighted by molar-refractivity contribution is 6.14. The largest absolute Gasteiger partial charge is 0.278 e. The van der Waals surface area contributed by atoms with Gasteiger partial charge in [0.1, 0.15) is 0 Å². The molecule has 3 nitrogen and oxygen atoms in total. The van der Waals surface area contributed by atoms with Crippen molar-refractivity contribution >= 4 is 65.0 Å².